The maximum atomic E-state index is 13.4. The van der Waals surface area contributed by atoms with E-state index < -0.39 is 16.7 Å². The van der Waals surface area contributed by atoms with Crippen molar-refractivity contribution in [3.63, 3.8) is 0 Å². The summed E-state index contributed by atoms with van der Waals surface area (Å²) < 4.78 is 40.2. The number of nitro groups is 1. The van der Waals surface area contributed by atoms with Gasteiger partial charge in [-0.05, 0) is 36.8 Å². The second kappa shape index (κ2) is 9.43. The summed E-state index contributed by atoms with van der Waals surface area (Å²) in [6.07, 6.45) is 1.93. The second-order valence-electron chi connectivity index (χ2n) is 7.82. The Morgan fingerprint density at radius 2 is 1.93 bits per heavy atom. The Labute approximate surface area is 164 Å². The highest BCUT2D eigenvalue weighted by molar-refractivity contribution is 5.76. The largest absolute Gasteiger partial charge is 0.416 e. The minimum absolute atomic E-state index is 0.155. The molecule has 1 aromatic carbocycles. The maximum Gasteiger partial charge on any atom is 0.416 e. The van der Waals surface area contributed by atoms with Crippen molar-refractivity contribution in [3.05, 3.63) is 40.0 Å². The van der Waals surface area contributed by atoms with Crippen molar-refractivity contribution in [2.45, 2.75) is 71.5 Å². The van der Waals surface area contributed by atoms with Gasteiger partial charge in [0.05, 0.1) is 10.5 Å². The molecule has 1 aliphatic rings. The van der Waals surface area contributed by atoms with Crippen LogP contribution in [0.1, 0.15) is 64.9 Å². The van der Waals surface area contributed by atoms with Crippen molar-refractivity contribution in [2.75, 3.05) is 11.4 Å². The average Bonchev–Trinajstić information content (AvgIpc) is 2.63. The number of allylic oxidation sites excluding steroid dienone is 2. The normalized spacial score (nSPS) is 16.5. The zero-order valence-electron chi connectivity index (χ0n) is 16.8. The Morgan fingerprint density at radius 3 is 2.43 bits per heavy atom. The summed E-state index contributed by atoms with van der Waals surface area (Å²) in [5.41, 5.74) is -0.807. The van der Waals surface area contributed by atoms with E-state index in [0.29, 0.717) is 12.2 Å². The van der Waals surface area contributed by atoms with Crippen molar-refractivity contribution in [1.29, 1.82) is 0 Å². The first-order valence-electron chi connectivity index (χ1n) is 9.98. The number of benzene rings is 1. The number of nitrogens with zero attached hydrogens (tertiary/aromatic N) is 2. The molecule has 0 atom stereocenters. The van der Waals surface area contributed by atoms with Crippen molar-refractivity contribution in [2.24, 2.45) is 5.92 Å². The predicted molar refractivity (Wildman–Crippen MR) is 106 cm³/mol. The molecule has 156 valence electrons. The van der Waals surface area contributed by atoms with E-state index in [0.717, 1.165) is 44.2 Å². The molecule has 0 N–H and O–H groups in total. The lowest BCUT2D eigenvalue weighted by Crippen LogP contribution is -2.39. The van der Waals surface area contributed by atoms with E-state index in [4.69, 9.17) is 0 Å². The van der Waals surface area contributed by atoms with Gasteiger partial charge in [0.25, 0.3) is 5.69 Å². The molecule has 0 spiro atoms. The van der Waals surface area contributed by atoms with Crippen LogP contribution in [0.15, 0.2) is 24.3 Å². The van der Waals surface area contributed by atoms with E-state index in [-0.39, 0.29) is 29.6 Å². The van der Waals surface area contributed by atoms with Crippen LogP contribution in [0.5, 0.6) is 0 Å². The van der Waals surface area contributed by atoms with Gasteiger partial charge in [-0.15, -0.1) is 0 Å². The number of anilines is 1. The van der Waals surface area contributed by atoms with Crippen LogP contribution in [0.4, 0.5) is 24.5 Å². The number of rotatable bonds is 7. The van der Waals surface area contributed by atoms with Crippen LogP contribution in [-0.2, 0) is 0 Å². The van der Waals surface area contributed by atoms with E-state index in [2.05, 4.69) is 0 Å². The van der Waals surface area contributed by atoms with E-state index in [1.165, 1.54) is 12.1 Å². The van der Waals surface area contributed by atoms with Gasteiger partial charge in [0.1, 0.15) is 5.69 Å². The summed E-state index contributed by atoms with van der Waals surface area (Å²) in [6.45, 7) is 6.34. The fourth-order valence-corrected chi connectivity index (χ4v) is 3.91. The first kappa shape index (κ1) is 22.2. The molecule has 28 heavy (non-hydrogen) atoms. The van der Waals surface area contributed by atoms with Crippen molar-refractivity contribution >= 4 is 16.9 Å². The molecule has 0 amide bonds. The first-order chi connectivity index (χ1) is 13.1. The Morgan fingerprint density at radius 1 is 1.29 bits per heavy atom. The molecular formula is C21H29F3N2O2. The van der Waals surface area contributed by atoms with Gasteiger partial charge in [-0.2, -0.15) is 13.2 Å². The SMILES string of the molecule is CCC=C(c1ccc(N(CC(C)C)C2CCCCC2)c([N+](=O)[O-])c1)C(F)(F)F. The van der Waals surface area contributed by atoms with Crippen LogP contribution in [0.3, 0.4) is 0 Å². The molecule has 2 rings (SSSR count). The molecule has 1 aromatic rings. The zero-order chi connectivity index (χ0) is 20.9. The summed E-state index contributed by atoms with van der Waals surface area (Å²) in [5.74, 6) is 0.284. The third-order valence-electron chi connectivity index (χ3n) is 5.08. The van der Waals surface area contributed by atoms with Crippen molar-refractivity contribution < 1.29 is 18.1 Å². The maximum absolute atomic E-state index is 13.4. The van der Waals surface area contributed by atoms with Gasteiger partial charge in [-0.1, -0.05) is 52.2 Å². The van der Waals surface area contributed by atoms with Gasteiger partial charge in [0.2, 0.25) is 0 Å². The standard InChI is InChI=1S/C21H29F3N2O2/c1-4-8-18(21(22,23)24)16-11-12-19(20(13-16)26(27)28)25(14-15(2)3)17-9-6-5-7-10-17/h8,11-13,15,17H,4-7,9-10,14H2,1-3H3. The minimum Gasteiger partial charge on any atom is -0.363 e. The number of halogens is 3. The quantitative estimate of drug-likeness (QED) is 0.377. The van der Waals surface area contributed by atoms with E-state index >= 15 is 0 Å². The van der Waals surface area contributed by atoms with Gasteiger partial charge in [0.15, 0.2) is 0 Å². The van der Waals surface area contributed by atoms with Gasteiger partial charge >= 0.3 is 6.18 Å². The zero-order valence-corrected chi connectivity index (χ0v) is 16.8. The molecule has 0 bridgehead atoms. The monoisotopic (exact) mass is 398 g/mol. The van der Waals surface area contributed by atoms with Gasteiger partial charge in [0, 0.05) is 18.7 Å². The average molecular weight is 398 g/mol. The number of nitro benzene ring substituents is 1. The van der Waals surface area contributed by atoms with E-state index in [1.807, 2.05) is 18.7 Å². The van der Waals surface area contributed by atoms with Crippen LogP contribution in [-0.4, -0.2) is 23.7 Å². The highest BCUT2D eigenvalue weighted by Gasteiger charge is 2.36. The fraction of sp³-hybridized carbons (Fsp3) is 0.619. The van der Waals surface area contributed by atoms with Gasteiger partial charge < -0.3 is 4.90 Å². The minimum atomic E-state index is -4.55. The molecule has 0 heterocycles. The fourth-order valence-electron chi connectivity index (χ4n) is 3.91. The van der Waals surface area contributed by atoms with Crippen molar-refractivity contribution in [3.8, 4) is 0 Å². The molecule has 0 saturated heterocycles. The van der Waals surface area contributed by atoms with Crippen LogP contribution < -0.4 is 4.90 Å². The molecule has 0 aliphatic heterocycles. The van der Waals surface area contributed by atoms with Gasteiger partial charge in [-0.25, -0.2) is 0 Å². The van der Waals surface area contributed by atoms with Crippen LogP contribution >= 0.6 is 0 Å². The Kier molecular flexibility index (Phi) is 7.49. The highest BCUT2D eigenvalue weighted by atomic mass is 19.4. The molecule has 0 aromatic heterocycles. The number of alkyl halides is 3. The van der Waals surface area contributed by atoms with E-state index in [9.17, 15) is 23.3 Å². The van der Waals surface area contributed by atoms with Crippen LogP contribution in [0, 0.1) is 16.0 Å². The van der Waals surface area contributed by atoms with Crippen molar-refractivity contribution in [1.82, 2.24) is 0 Å². The molecule has 1 aliphatic carbocycles. The smallest absolute Gasteiger partial charge is 0.363 e. The predicted octanol–water partition coefficient (Wildman–Crippen LogP) is 6.75. The molecular weight excluding hydrogens is 369 g/mol. The summed E-state index contributed by atoms with van der Waals surface area (Å²) in [7, 11) is 0. The van der Waals surface area contributed by atoms with Crippen LogP contribution in [0.25, 0.3) is 5.57 Å². The number of hydrogen-bond donors (Lipinski definition) is 0. The lowest BCUT2D eigenvalue weighted by Gasteiger charge is -2.37. The molecule has 0 unspecified atom stereocenters. The summed E-state index contributed by atoms with van der Waals surface area (Å²) in [6, 6.07) is 4.14. The van der Waals surface area contributed by atoms with Crippen LogP contribution in [0.2, 0.25) is 0 Å². The summed E-state index contributed by atoms with van der Waals surface area (Å²) in [5, 5.41) is 11.8. The number of hydrogen-bond acceptors (Lipinski definition) is 3. The molecule has 7 heteroatoms. The summed E-state index contributed by atoms with van der Waals surface area (Å²) >= 11 is 0. The lowest BCUT2D eigenvalue weighted by molar-refractivity contribution is -0.384. The molecule has 1 saturated carbocycles. The molecule has 1 fully saturated rings. The third-order valence-corrected chi connectivity index (χ3v) is 5.08. The topological polar surface area (TPSA) is 46.4 Å². The Bertz CT molecular complexity index is 708. The first-order valence-corrected chi connectivity index (χ1v) is 9.98. The Hall–Kier alpha value is -2.05. The third kappa shape index (κ3) is 5.49. The van der Waals surface area contributed by atoms with Gasteiger partial charge in [-0.3, -0.25) is 10.1 Å². The van der Waals surface area contributed by atoms with E-state index in [1.54, 1.807) is 6.92 Å². The Balaban J connectivity index is 2.53. The second-order valence-corrected chi connectivity index (χ2v) is 7.82. The molecule has 0 radical (unpaired) electrons. The molecule has 4 nitrogen and oxygen atoms in total. The summed E-state index contributed by atoms with van der Waals surface area (Å²) in [4.78, 5) is 13.2. The highest BCUT2D eigenvalue weighted by Crippen LogP contribution is 2.40. The lowest BCUT2D eigenvalue weighted by atomic mass is 9.92.